The Kier molecular flexibility index (Phi) is 2.69. The molecule has 14 heavy (non-hydrogen) atoms. The Labute approximate surface area is 90.4 Å². The van der Waals surface area contributed by atoms with Gasteiger partial charge in [0.05, 0.1) is 0 Å². The van der Waals surface area contributed by atoms with Crippen LogP contribution in [0.4, 0.5) is 0 Å². The number of aryl methyl sites for hydroxylation is 2. The second kappa shape index (κ2) is 3.82. The number of rotatable bonds is 1. The van der Waals surface area contributed by atoms with Crippen molar-refractivity contribution in [1.82, 2.24) is 0 Å². The number of allylic oxidation sites excluding steroid dienone is 1. The van der Waals surface area contributed by atoms with Gasteiger partial charge in [0.25, 0.3) is 0 Å². The molecule has 2 rings (SSSR count). The van der Waals surface area contributed by atoms with E-state index < -0.39 is 0 Å². The van der Waals surface area contributed by atoms with Gasteiger partial charge in [-0.1, -0.05) is 29.3 Å². The van der Waals surface area contributed by atoms with Crippen molar-refractivity contribution in [2.45, 2.75) is 26.7 Å². The van der Waals surface area contributed by atoms with Crippen LogP contribution in [0.15, 0.2) is 23.8 Å². The van der Waals surface area contributed by atoms with Crippen LogP contribution in [0, 0.1) is 6.92 Å². The molecule has 0 saturated carbocycles. The second-order valence-electron chi connectivity index (χ2n) is 3.97. The van der Waals surface area contributed by atoms with Crippen LogP contribution in [0.3, 0.4) is 0 Å². The Morgan fingerprint density at radius 2 is 1.93 bits per heavy atom. The molecule has 0 nitrogen and oxygen atoms in total. The SMILES string of the molecule is CSC1=C(C)CCc2cc(C)ccc21. The Morgan fingerprint density at radius 3 is 2.64 bits per heavy atom. The van der Waals surface area contributed by atoms with Gasteiger partial charge in [-0.2, -0.15) is 0 Å². The van der Waals surface area contributed by atoms with Gasteiger partial charge in [0.1, 0.15) is 0 Å². The fourth-order valence-electron chi connectivity index (χ4n) is 2.10. The van der Waals surface area contributed by atoms with E-state index in [4.69, 9.17) is 0 Å². The largest absolute Gasteiger partial charge is 0.129 e. The average Bonchev–Trinajstić information content (AvgIpc) is 2.18. The van der Waals surface area contributed by atoms with Crippen LogP contribution in [0.5, 0.6) is 0 Å². The predicted molar refractivity (Wildman–Crippen MR) is 65.6 cm³/mol. The summed E-state index contributed by atoms with van der Waals surface area (Å²) >= 11 is 1.88. The first-order chi connectivity index (χ1) is 6.72. The molecule has 0 atom stereocenters. The maximum absolute atomic E-state index is 2.33. The smallest absolute Gasteiger partial charge is 0.0134 e. The van der Waals surface area contributed by atoms with Gasteiger partial charge < -0.3 is 0 Å². The van der Waals surface area contributed by atoms with Crippen LogP contribution >= 0.6 is 11.8 Å². The fourth-order valence-corrected chi connectivity index (χ4v) is 2.97. The van der Waals surface area contributed by atoms with Crippen molar-refractivity contribution >= 4 is 16.7 Å². The molecule has 0 fully saturated rings. The molecule has 1 aliphatic carbocycles. The van der Waals surface area contributed by atoms with E-state index in [2.05, 4.69) is 38.3 Å². The van der Waals surface area contributed by atoms with Gasteiger partial charge in [0.2, 0.25) is 0 Å². The molecular formula is C13H16S. The first-order valence-electron chi connectivity index (χ1n) is 5.06. The molecule has 0 bridgehead atoms. The summed E-state index contributed by atoms with van der Waals surface area (Å²) in [6, 6.07) is 6.82. The Bertz CT molecular complexity index is 388. The van der Waals surface area contributed by atoms with E-state index in [-0.39, 0.29) is 0 Å². The normalized spacial score (nSPS) is 15.6. The number of thioether (sulfide) groups is 1. The number of benzene rings is 1. The summed E-state index contributed by atoms with van der Waals surface area (Å²) in [6.45, 7) is 4.43. The van der Waals surface area contributed by atoms with Crippen molar-refractivity contribution in [2.75, 3.05) is 6.26 Å². The lowest BCUT2D eigenvalue weighted by molar-refractivity contribution is 0.923. The molecular weight excluding hydrogens is 188 g/mol. The fraction of sp³-hybridized carbons (Fsp3) is 0.385. The molecule has 0 heterocycles. The highest BCUT2D eigenvalue weighted by Crippen LogP contribution is 2.37. The minimum absolute atomic E-state index is 1.22. The van der Waals surface area contributed by atoms with Crippen molar-refractivity contribution in [2.24, 2.45) is 0 Å². The summed E-state index contributed by atoms with van der Waals surface area (Å²) in [5.74, 6) is 0. The summed E-state index contributed by atoms with van der Waals surface area (Å²) < 4.78 is 0. The standard InChI is InChI=1S/C13H16S/c1-9-4-7-12-11(8-9)6-5-10(2)13(12)14-3/h4,7-8H,5-6H2,1-3H3. The van der Waals surface area contributed by atoms with E-state index >= 15 is 0 Å². The van der Waals surface area contributed by atoms with E-state index in [1.165, 1.54) is 34.4 Å². The summed E-state index contributed by atoms with van der Waals surface area (Å²) in [5, 5.41) is 0. The molecule has 1 aliphatic rings. The molecule has 0 saturated heterocycles. The summed E-state index contributed by atoms with van der Waals surface area (Å²) in [7, 11) is 0. The van der Waals surface area contributed by atoms with Crippen LogP contribution in [-0.2, 0) is 6.42 Å². The highest BCUT2D eigenvalue weighted by atomic mass is 32.2. The third kappa shape index (κ3) is 1.61. The van der Waals surface area contributed by atoms with Gasteiger partial charge in [0.15, 0.2) is 0 Å². The molecule has 0 aromatic heterocycles. The first kappa shape index (κ1) is 9.85. The zero-order chi connectivity index (χ0) is 10.1. The van der Waals surface area contributed by atoms with Crippen molar-refractivity contribution in [3.05, 3.63) is 40.5 Å². The molecule has 1 aromatic carbocycles. The minimum atomic E-state index is 1.22. The number of fused-ring (bicyclic) bond motifs is 1. The zero-order valence-corrected chi connectivity index (χ0v) is 9.87. The average molecular weight is 204 g/mol. The van der Waals surface area contributed by atoms with Crippen molar-refractivity contribution in [3.8, 4) is 0 Å². The predicted octanol–water partition coefficient (Wildman–Crippen LogP) is 4.04. The van der Waals surface area contributed by atoms with Gasteiger partial charge in [-0.05, 0) is 44.1 Å². The summed E-state index contributed by atoms with van der Waals surface area (Å²) in [6.07, 6.45) is 4.62. The molecule has 0 radical (unpaired) electrons. The van der Waals surface area contributed by atoms with Gasteiger partial charge in [-0.3, -0.25) is 0 Å². The number of hydrogen-bond acceptors (Lipinski definition) is 1. The van der Waals surface area contributed by atoms with Gasteiger partial charge in [-0.15, -0.1) is 11.8 Å². The minimum Gasteiger partial charge on any atom is -0.129 e. The molecule has 0 aliphatic heterocycles. The van der Waals surface area contributed by atoms with Crippen LogP contribution < -0.4 is 0 Å². The first-order valence-corrected chi connectivity index (χ1v) is 6.28. The molecule has 1 aromatic rings. The van der Waals surface area contributed by atoms with E-state index in [1.54, 1.807) is 5.57 Å². The topological polar surface area (TPSA) is 0 Å². The molecule has 0 unspecified atom stereocenters. The maximum atomic E-state index is 2.33. The van der Waals surface area contributed by atoms with Gasteiger partial charge in [-0.25, -0.2) is 0 Å². The van der Waals surface area contributed by atoms with E-state index in [0.29, 0.717) is 0 Å². The summed E-state index contributed by atoms with van der Waals surface area (Å²) in [4.78, 5) is 1.49. The van der Waals surface area contributed by atoms with Crippen LogP contribution in [-0.4, -0.2) is 6.26 Å². The lowest BCUT2D eigenvalue weighted by Crippen LogP contribution is -2.01. The second-order valence-corrected chi connectivity index (χ2v) is 4.79. The summed E-state index contributed by atoms with van der Waals surface area (Å²) in [5.41, 5.74) is 5.92. The van der Waals surface area contributed by atoms with Crippen molar-refractivity contribution in [3.63, 3.8) is 0 Å². The van der Waals surface area contributed by atoms with Crippen LogP contribution in [0.25, 0.3) is 4.91 Å². The van der Waals surface area contributed by atoms with E-state index in [0.717, 1.165) is 0 Å². The molecule has 0 N–H and O–H groups in total. The number of hydrogen-bond donors (Lipinski definition) is 0. The Balaban J connectivity index is 2.55. The monoisotopic (exact) mass is 204 g/mol. The van der Waals surface area contributed by atoms with Gasteiger partial charge >= 0.3 is 0 Å². The third-order valence-corrected chi connectivity index (χ3v) is 3.84. The van der Waals surface area contributed by atoms with E-state index in [9.17, 15) is 0 Å². The van der Waals surface area contributed by atoms with Gasteiger partial charge in [0, 0.05) is 4.91 Å². The van der Waals surface area contributed by atoms with Crippen molar-refractivity contribution < 1.29 is 0 Å². The highest BCUT2D eigenvalue weighted by Gasteiger charge is 2.15. The quantitative estimate of drug-likeness (QED) is 0.665. The van der Waals surface area contributed by atoms with Crippen molar-refractivity contribution in [1.29, 1.82) is 0 Å². The van der Waals surface area contributed by atoms with E-state index in [1.807, 2.05) is 11.8 Å². The lowest BCUT2D eigenvalue weighted by atomic mass is 9.91. The Hall–Kier alpha value is -0.690. The molecule has 0 amide bonds. The van der Waals surface area contributed by atoms with Crippen LogP contribution in [0.1, 0.15) is 30.0 Å². The maximum Gasteiger partial charge on any atom is 0.0134 e. The molecule has 74 valence electrons. The lowest BCUT2D eigenvalue weighted by Gasteiger charge is -2.20. The van der Waals surface area contributed by atoms with Crippen LogP contribution in [0.2, 0.25) is 0 Å². The zero-order valence-electron chi connectivity index (χ0n) is 9.05. The molecule has 0 spiro atoms. The third-order valence-electron chi connectivity index (χ3n) is 2.87. The highest BCUT2D eigenvalue weighted by molar-refractivity contribution is 8.07. The Morgan fingerprint density at radius 1 is 1.14 bits per heavy atom. The molecule has 1 heteroatoms.